The molecule has 3 aromatic rings. The second-order valence-corrected chi connectivity index (χ2v) is 14.2. The van der Waals surface area contributed by atoms with Crippen LogP contribution in [0.4, 0.5) is 0 Å². The van der Waals surface area contributed by atoms with E-state index in [1.807, 2.05) is 85.4 Å². The molecule has 0 aromatic heterocycles. The van der Waals surface area contributed by atoms with Crippen LogP contribution in [0.5, 0.6) is 5.75 Å². The van der Waals surface area contributed by atoms with Crippen LogP contribution in [0.3, 0.4) is 0 Å². The third-order valence-corrected chi connectivity index (χ3v) is 9.52. The van der Waals surface area contributed by atoms with Gasteiger partial charge in [0.25, 0.3) is 5.91 Å². The van der Waals surface area contributed by atoms with Crippen molar-refractivity contribution in [2.24, 2.45) is 0 Å². The SMILES string of the molecule is CSC1C[C@H](COc2ccccc2)N(Cc2ccc(C(=O)N[C@@H](CCS(C)(=O)=O)C(=O)O)c(-c3ccccc3C)c2)C1. The lowest BCUT2D eigenvalue weighted by molar-refractivity contribution is -0.139. The van der Waals surface area contributed by atoms with Crippen molar-refractivity contribution in [3.8, 4) is 16.9 Å². The number of carbonyl (C=O) groups excluding carboxylic acids is 1. The van der Waals surface area contributed by atoms with Crippen molar-refractivity contribution < 1.29 is 27.9 Å². The van der Waals surface area contributed by atoms with E-state index >= 15 is 0 Å². The number of hydrogen-bond donors (Lipinski definition) is 2. The molecule has 3 atom stereocenters. The van der Waals surface area contributed by atoms with Gasteiger partial charge in [0.05, 0.1) is 5.75 Å². The first-order valence-electron chi connectivity index (χ1n) is 13.9. The lowest BCUT2D eigenvalue weighted by Gasteiger charge is -2.25. The van der Waals surface area contributed by atoms with Crippen molar-refractivity contribution in [1.29, 1.82) is 0 Å². The molecule has 1 aliphatic rings. The van der Waals surface area contributed by atoms with Crippen LogP contribution in [-0.4, -0.2) is 79.1 Å². The average Bonchev–Trinajstić information content (AvgIpc) is 3.35. The number of aryl methyl sites for hydroxylation is 1. The highest BCUT2D eigenvalue weighted by Crippen LogP contribution is 2.32. The molecule has 3 aromatic carbocycles. The molecular formula is C32H38N2O6S2. The Balaban J connectivity index is 1.59. The Kier molecular flexibility index (Phi) is 10.7. The smallest absolute Gasteiger partial charge is 0.326 e. The molecule has 0 saturated carbocycles. The maximum Gasteiger partial charge on any atom is 0.326 e. The third kappa shape index (κ3) is 8.59. The summed E-state index contributed by atoms with van der Waals surface area (Å²) in [5.41, 5.74) is 3.93. The third-order valence-electron chi connectivity index (χ3n) is 7.54. The van der Waals surface area contributed by atoms with E-state index in [1.54, 1.807) is 6.07 Å². The maximum atomic E-state index is 13.4. The first-order valence-corrected chi connectivity index (χ1v) is 17.2. The summed E-state index contributed by atoms with van der Waals surface area (Å²) in [6.07, 6.45) is 3.98. The number of thioether (sulfide) groups is 1. The van der Waals surface area contributed by atoms with E-state index in [-0.39, 0.29) is 18.2 Å². The number of carbonyl (C=O) groups is 2. The Labute approximate surface area is 252 Å². The van der Waals surface area contributed by atoms with E-state index in [2.05, 4.69) is 16.5 Å². The molecule has 4 rings (SSSR count). The summed E-state index contributed by atoms with van der Waals surface area (Å²) < 4.78 is 29.4. The van der Waals surface area contributed by atoms with Gasteiger partial charge < -0.3 is 15.2 Å². The molecule has 1 unspecified atom stereocenters. The standard InChI is InChI=1S/C32H38N2O6S2/c1-22-9-7-8-12-27(22)29-17-23(13-14-28(29)31(35)33-30(32(36)37)15-16-42(3,38)39)19-34-20-26(41-2)18-24(34)21-40-25-10-5-4-6-11-25/h4-14,17,24,26,30H,15-16,18-21H2,1-3H3,(H,33,35)(H,36,37)/t24-,26?,30+/m1/s1. The molecule has 8 nitrogen and oxygen atoms in total. The molecule has 2 N–H and O–H groups in total. The number of nitrogens with one attached hydrogen (secondary N) is 1. The van der Waals surface area contributed by atoms with Gasteiger partial charge in [-0.25, -0.2) is 13.2 Å². The van der Waals surface area contributed by atoms with Gasteiger partial charge in [-0.3, -0.25) is 9.69 Å². The van der Waals surface area contributed by atoms with Gasteiger partial charge in [0.15, 0.2) is 0 Å². The molecule has 224 valence electrons. The van der Waals surface area contributed by atoms with Crippen molar-refractivity contribution >= 4 is 33.5 Å². The topological polar surface area (TPSA) is 113 Å². The Morgan fingerprint density at radius 3 is 2.45 bits per heavy atom. The van der Waals surface area contributed by atoms with Gasteiger partial charge in [-0.1, -0.05) is 48.5 Å². The van der Waals surface area contributed by atoms with Gasteiger partial charge >= 0.3 is 5.97 Å². The zero-order valence-corrected chi connectivity index (χ0v) is 25.8. The number of hydrogen-bond acceptors (Lipinski definition) is 7. The molecule has 10 heteroatoms. The van der Waals surface area contributed by atoms with E-state index in [0.717, 1.165) is 41.7 Å². The molecule has 1 heterocycles. The number of carboxylic acid groups (broad SMARTS) is 1. The number of amides is 1. The van der Waals surface area contributed by atoms with Gasteiger partial charge in [-0.15, -0.1) is 0 Å². The monoisotopic (exact) mass is 610 g/mol. The first-order chi connectivity index (χ1) is 20.0. The maximum absolute atomic E-state index is 13.4. The summed E-state index contributed by atoms with van der Waals surface area (Å²) in [4.78, 5) is 27.7. The Bertz CT molecular complexity index is 1500. The molecule has 1 fully saturated rings. The highest BCUT2D eigenvalue weighted by molar-refractivity contribution is 7.99. The van der Waals surface area contributed by atoms with E-state index in [9.17, 15) is 23.1 Å². The zero-order valence-electron chi connectivity index (χ0n) is 24.2. The van der Waals surface area contributed by atoms with E-state index < -0.39 is 27.8 Å². The van der Waals surface area contributed by atoms with E-state index in [4.69, 9.17) is 4.74 Å². The second kappa shape index (κ2) is 14.2. The zero-order chi connectivity index (χ0) is 30.3. The van der Waals surface area contributed by atoms with Crippen LogP contribution in [0.15, 0.2) is 72.8 Å². The number of nitrogens with zero attached hydrogens (tertiary/aromatic N) is 1. The van der Waals surface area contributed by atoms with Crippen LogP contribution in [0.25, 0.3) is 11.1 Å². The van der Waals surface area contributed by atoms with Crippen molar-refractivity contribution in [2.75, 3.05) is 31.4 Å². The normalized spacial score (nSPS) is 18.0. The summed E-state index contributed by atoms with van der Waals surface area (Å²) in [6.45, 7) is 4.14. The van der Waals surface area contributed by atoms with Crippen LogP contribution in [0.2, 0.25) is 0 Å². The number of benzene rings is 3. The Morgan fingerprint density at radius 2 is 1.79 bits per heavy atom. The second-order valence-electron chi connectivity index (χ2n) is 10.8. The fraction of sp³-hybridized carbons (Fsp3) is 0.375. The highest BCUT2D eigenvalue weighted by atomic mass is 32.2. The number of ether oxygens (including phenoxy) is 1. The minimum Gasteiger partial charge on any atom is -0.492 e. The fourth-order valence-electron chi connectivity index (χ4n) is 5.23. The van der Waals surface area contributed by atoms with Gasteiger partial charge in [-0.2, -0.15) is 11.8 Å². The van der Waals surface area contributed by atoms with Crippen molar-refractivity contribution in [1.82, 2.24) is 10.2 Å². The number of para-hydroxylation sites is 1. The van der Waals surface area contributed by atoms with Crippen molar-refractivity contribution in [3.05, 3.63) is 89.5 Å². The van der Waals surface area contributed by atoms with Gasteiger partial charge in [0.1, 0.15) is 28.2 Å². The van der Waals surface area contributed by atoms with E-state index in [0.29, 0.717) is 29.5 Å². The predicted octanol–water partition coefficient (Wildman–Crippen LogP) is 4.66. The minimum absolute atomic E-state index is 0.213. The first kappa shape index (κ1) is 31.6. The molecule has 0 spiro atoms. The average molecular weight is 611 g/mol. The van der Waals surface area contributed by atoms with Crippen molar-refractivity contribution in [3.63, 3.8) is 0 Å². The van der Waals surface area contributed by atoms with Crippen LogP contribution >= 0.6 is 11.8 Å². The molecule has 0 bridgehead atoms. The van der Waals surface area contributed by atoms with Gasteiger partial charge in [-0.05, 0) is 72.5 Å². The Hall–Kier alpha value is -3.34. The minimum atomic E-state index is -3.39. The summed E-state index contributed by atoms with van der Waals surface area (Å²) >= 11 is 1.86. The number of aliphatic carboxylic acids is 1. The Morgan fingerprint density at radius 1 is 1.07 bits per heavy atom. The summed E-state index contributed by atoms with van der Waals surface area (Å²) in [7, 11) is -3.39. The largest absolute Gasteiger partial charge is 0.492 e. The number of rotatable bonds is 13. The molecule has 1 aliphatic heterocycles. The van der Waals surface area contributed by atoms with E-state index in [1.165, 1.54) is 0 Å². The van der Waals surface area contributed by atoms with Crippen LogP contribution in [-0.2, 0) is 21.2 Å². The number of carboxylic acids is 1. The van der Waals surface area contributed by atoms with Gasteiger partial charge in [0.2, 0.25) is 0 Å². The highest BCUT2D eigenvalue weighted by Gasteiger charge is 2.32. The lowest BCUT2D eigenvalue weighted by Crippen LogP contribution is -2.42. The molecule has 0 aliphatic carbocycles. The van der Waals surface area contributed by atoms with Crippen LogP contribution < -0.4 is 10.1 Å². The summed E-state index contributed by atoms with van der Waals surface area (Å²) in [5.74, 6) is -1.32. The molecule has 1 amide bonds. The molecular weight excluding hydrogens is 572 g/mol. The molecule has 0 radical (unpaired) electrons. The quantitative estimate of drug-likeness (QED) is 0.287. The van der Waals surface area contributed by atoms with Crippen LogP contribution in [0.1, 0.15) is 34.3 Å². The van der Waals surface area contributed by atoms with Crippen LogP contribution in [0, 0.1) is 6.92 Å². The predicted molar refractivity (Wildman–Crippen MR) is 168 cm³/mol. The van der Waals surface area contributed by atoms with Crippen molar-refractivity contribution in [2.45, 2.75) is 43.6 Å². The summed E-state index contributed by atoms with van der Waals surface area (Å²) in [6, 6.07) is 22.1. The van der Waals surface area contributed by atoms with Gasteiger partial charge in [0, 0.05) is 36.2 Å². The fourth-order valence-corrected chi connectivity index (χ4v) is 6.65. The summed E-state index contributed by atoms with van der Waals surface area (Å²) in [5, 5.41) is 12.7. The molecule has 1 saturated heterocycles. The molecule has 42 heavy (non-hydrogen) atoms. The number of likely N-dealkylation sites (tertiary alicyclic amines) is 1. The number of sulfone groups is 1. The lowest BCUT2D eigenvalue weighted by atomic mass is 9.93.